The van der Waals surface area contributed by atoms with Crippen molar-refractivity contribution in [2.24, 2.45) is 0 Å². The summed E-state index contributed by atoms with van der Waals surface area (Å²) in [5, 5.41) is 11.3. The fourth-order valence-electron chi connectivity index (χ4n) is 1.73. The van der Waals surface area contributed by atoms with E-state index in [9.17, 15) is 0 Å². The fraction of sp³-hybridized carbons (Fsp3) is 0.357. The molecule has 0 amide bonds. The third-order valence-corrected chi connectivity index (χ3v) is 2.95. The Morgan fingerprint density at radius 2 is 1.79 bits per heavy atom. The molecule has 5 heteroatoms. The van der Waals surface area contributed by atoms with Crippen LogP contribution >= 0.6 is 0 Å². The van der Waals surface area contributed by atoms with Gasteiger partial charge in [-0.2, -0.15) is 5.10 Å². The lowest BCUT2D eigenvalue weighted by Crippen LogP contribution is -2.08. The number of ether oxygens (including phenoxy) is 1. The summed E-state index contributed by atoms with van der Waals surface area (Å²) in [6.07, 6.45) is 0. The second kappa shape index (κ2) is 6.24. The van der Waals surface area contributed by atoms with E-state index in [1.54, 1.807) is 7.11 Å². The quantitative estimate of drug-likeness (QED) is 0.891. The third kappa shape index (κ3) is 3.48. The average Bonchev–Trinajstić information content (AvgIpc) is 2.42. The maximum absolute atomic E-state index is 5.18. The number of nitrogens with zero attached hydrogens (tertiary/aromatic N) is 3. The molecule has 1 aromatic carbocycles. The van der Waals surface area contributed by atoms with Crippen molar-refractivity contribution < 1.29 is 4.74 Å². The molecular formula is C14H18N4O. The standard InChI is InChI=1S/C14H18N4O/c1-10-11(2)17-18-14(16-10)15-8-12-6-4-5-7-13(12)9-19-3/h4-7H,8-9H2,1-3H3,(H,15,16,18). The van der Waals surface area contributed by atoms with Gasteiger partial charge in [0.25, 0.3) is 0 Å². The fourth-order valence-corrected chi connectivity index (χ4v) is 1.73. The second-order valence-corrected chi connectivity index (χ2v) is 4.36. The molecule has 1 heterocycles. The zero-order valence-electron chi connectivity index (χ0n) is 11.5. The molecule has 0 saturated carbocycles. The monoisotopic (exact) mass is 258 g/mol. The summed E-state index contributed by atoms with van der Waals surface area (Å²) in [4.78, 5) is 4.35. The summed E-state index contributed by atoms with van der Waals surface area (Å²) in [6.45, 7) is 5.08. The minimum absolute atomic E-state index is 0.551. The molecule has 0 aliphatic rings. The zero-order valence-corrected chi connectivity index (χ0v) is 11.5. The lowest BCUT2D eigenvalue weighted by Gasteiger charge is -2.10. The molecule has 2 aromatic rings. The summed E-state index contributed by atoms with van der Waals surface area (Å²) in [5.41, 5.74) is 4.08. The number of methoxy groups -OCH3 is 1. The van der Waals surface area contributed by atoms with Crippen LogP contribution in [0, 0.1) is 13.8 Å². The van der Waals surface area contributed by atoms with Crippen LogP contribution in [0.3, 0.4) is 0 Å². The maximum atomic E-state index is 5.18. The number of rotatable bonds is 5. The molecule has 100 valence electrons. The number of aryl methyl sites for hydroxylation is 2. The number of anilines is 1. The van der Waals surface area contributed by atoms with Gasteiger partial charge in [-0.1, -0.05) is 24.3 Å². The predicted octanol–water partition coefficient (Wildman–Crippen LogP) is 2.25. The van der Waals surface area contributed by atoms with Crippen LogP contribution in [0.25, 0.3) is 0 Å². The van der Waals surface area contributed by atoms with E-state index in [-0.39, 0.29) is 0 Å². The first kappa shape index (κ1) is 13.4. The molecule has 0 atom stereocenters. The summed E-state index contributed by atoms with van der Waals surface area (Å²) in [5.74, 6) is 0.551. The summed E-state index contributed by atoms with van der Waals surface area (Å²) < 4.78 is 5.18. The van der Waals surface area contributed by atoms with Crippen molar-refractivity contribution in [1.29, 1.82) is 0 Å². The molecular weight excluding hydrogens is 240 g/mol. The highest BCUT2D eigenvalue weighted by molar-refractivity contribution is 5.32. The van der Waals surface area contributed by atoms with Crippen molar-refractivity contribution in [2.45, 2.75) is 27.0 Å². The minimum atomic E-state index is 0.551. The topological polar surface area (TPSA) is 59.9 Å². The van der Waals surface area contributed by atoms with Gasteiger partial charge in [-0.05, 0) is 25.0 Å². The first-order valence-electron chi connectivity index (χ1n) is 6.18. The van der Waals surface area contributed by atoms with E-state index in [4.69, 9.17) is 4.74 Å². The summed E-state index contributed by atoms with van der Waals surface area (Å²) in [7, 11) is 1.70. The second-order valence-electron chi connectivity index (χ2n) is 4.36. The van der Waals surface area contributed by atoms with Gasteiger partial charge in [-0.15, -0.1) is 5.10 Å². The Hall–Kier alpha value is -2.01. The van der Waals surface area contributed by atoms with Gasteiger partial charge in [-0.25, -0.2) is 4.98 Å². The summed E-state index contributed by atoms with van der Waals surface area (Å²) >= 11 is 0. The van der Waals surface area contributed by atoms with Crippen LogP contribution in [0.15, 0.2) is 24.3 Å². The van der Waals surface area contributed by atoms with Crippen LogP contribution in [-0.4, -0.2) is 22.3 Å². The molecule has 0 radical (unpaired) electrons. The van der Waals surface area contributed by atoms with Gasteiger partial charge in [-0.3, -0.25) is 0 Å². The molecule has 0 spiro atoms. The highest BCUT2D eigenvalue weighted by Gasteiger charge is 2.04. The van der Waals surface area contributed by atoms with E-state index in [0.717, 1.165) is 17.0 Å². The molecule has 19 heavy (non-hydrogen) atoms. The average molecular weight is 258 g/mol. The summed E-state index contributed by atoms with van der Waals surface area (Å²) in [6, 6.07) is 8.14. The van der Waals surface area contributed by atoms with E-state index in [0.29, 0.717) is 19.1 Å². The van der Waals surface area contributed by atoms with Crippen LogP contribution in [0.1, 0.15) is 22.5 Å². The van der Waals surface area contributed by atoms with Crippen LogP contribution in [0.2, 0.25) is 0 Å². The van der Waals surface area contributed by atoms with Gasteiger partial charge in [0.15, 0.2) is 0 Å². The number of hydrogen-bond acceptors (Lipinski definition) is 5. The Kier molecular flexibility index (Phi) is 4.41. The van der Waals surface area contributed by atoms with E-state index >= 15 is 0 Å². The van der Waals surface area contributed by atoms with Crippen molar-refractivity contribution in [3.05, 3.63) is 46.8 Å². The van der Waals surface area contributed by atoms with Crippen molar-refractivity contribution in [3.8, 4) is 0 Å². The number of hydrogen-bond donors (Lipinski definition) is 1. The van der Waals surface area contributed by atoms with E-state index in [2.05, 4.69) is 32.6 Å². The van der Waals surface area contributed by atoms with Crippen LogP contribution in [-0.2, 0) is 17.9 Å². The predicted molar refractivity (Wildman–Crippen MR) is 73.8 cm³/mol. The van der Waals surface area contributed by atoms with Crippen molar-refractivity contribution in [2.75, 3.05) is 12.4 Å². The largest absolute Gasteiger partial charge is 0.380 e. The Balaban J connectivity index is 2.07. The minimum Gasteiger partial charge on any atom is -0.380 e. The molecule has 0 saturated heterocycles. The SMILES string of the molecule is COCc1ccccc1CNc1nnc(C)c(C)n1. The van der Waals surface area contributed by atoms with Gasteiger partial charge >= 0.3 is 0 Å². The van der Waals surface area contributed by atoms with Crippen molar-refractivity contribution >= 4 is 5.95 Å². The van der Waals surface area contributed by atoms with E-state index in [1.807, 2.05) is 26.0 Å². The number of nitrogens with one attached hydrogen (secondary N) is 1. The molecule has 0 fully saturated rings. The lowest BCUT2D eigenvalue weighted by atomic mass is 10.1. The van der Waals surface area contributed by atoms with Crippen molar-refractivity contribution in [1.82, 2.24) is 15.2 Å². The first-order valence-corrected chi connectivity index (χ1v) is 6.18. The highest BCUT2D eigenvalue weighted by Crippen LogP contribution is 2.11. The van der Waals surface area contributed by atoms with E-state index in [1.165, 1.54) is 5.56 Å². The highest BCUT2D eigenvalue weighted by atomic mass is 16.5. The van der Waals surface area contributed by atoms with Gasteiger partial charge in [0, 0.05) is 13.7 Å². The molecule has 1 N–H and O–H groups in total. The zero-order chi connectivity index (χ0) is 13.7. The normalized spacial score (nSPS) is 10.5. The van der Waals surface area contributed by atoms with Gasteiger partial charge in [0.05, 0.1) is 18.0 Å². The lowest BCUT2D eigenvalue weighted by molar-refractivity contribution is 0.184. The smallest absolute Gasteiger partial charge is 0.243 e. The van der Waals surface area contributed by atoms with E-state index < -0.39 is 0 Å². The molecule has 0 aliphatic carbocycles. The maximum Gasteiger partial charge on any atom is 0.243 e. The molecule has 1 aromatic heterocycles. The molecule has 0 unspecified atom stereocenters. The number of aromatic nitrogens is 3. The Morgan fingerprint density at radius 3 is 2.47 bits per heavy atom. The Bertz CT molecular complexity index is 557. The van der Waals surface area contributed by atoms with Crippen LogP contribution < -0.4 is 5.32 Å². The van der Waals surface area contributed by atoms with Crippen molar-refractivity contribution in [3.63, 3.8) is 0 Å². The molecule has 5 nitrogen and oxygen atoms in total. The van der Waals surface area contributed by atoms with Crippen LogP contribution in [0.4, 0.5) is 5.95 Å². The van der Waals surface area contributed by atoms with Gasteiger partial charge in [0.2, 0.25) is 5.95 Å². The third-order valence-electron chi connectivity index (χ3n) is 2.95. The number of benzene rings is 1. The molecule has 0 bridgehead atoms. The van der Waals surface area contributed by atoms with Gasteiger partial charge in [0.1, 0.15) is 0 Å². The molecule has 0 aliphatic heterocycles. The Morgan fingerprint density at radius 1 is 1.05 bits per heavy atom. The van der Waals surface area contributed by atoms with Gasteiger partial charge < -0.3 is 10.1 Å². The molecule has 2 rings (SSSR count). The van der Waals surface area contributed by atoms with Crippen LogP contribution in [0.5, 0.6) is 0 Å². The first-order chi connectivity index (χ1) is 9.20. The Labute approximate surface area is 113 Å².